The van der Waals surface area contributed by atoms with E-state index in [0.29, 0.717) is 11.4 Å². The summed E-state index contributed by atoms with van der Waals surface area (Å²) in [6, 6.07) is 11.2. The summed E-state index contributed by atoms with van der Waals surface area (Å²) in [6.07, 6.45) is 1.24. The number of aliphatic hydroxyl groups excluding tert-OH is 1. The third-order valence-electron chi connectivity index (χ3n) is 5.56. The molecule has 1 aliphatic rings. The predicted octanol–water partition coefficient (Wildman–Crippen LogP) is 6.46. The molecule has 170 valence electrons. The highest BCUT2D eigenvalue weighted by Crippen LogP contribution is 2.55. The number of hydrogen-bond acceptors (Lipinski definition) is 6. The summed E-state index contributed by atoms with van der Waals surface area (Å²) in [5, 5.41) is 12.1. The second-order valence-corrected chi connectivity index (χ2v) is 8.96. The van der Waals surface area contributed by atoms with Crippen molar-refractivity contribution in [2.45, 2.75) is 50.6 Å². The van der Waals surface area contributed by atoms with Crippen molar-refractivity contribution in [2.75, 3.05) is 11.9 Å². The zero-order valence-electron chi connectivity index (χ0n) is 17.6. The Bertz CT molecular complexity index is 1080. The fourth-order valence-electron chi connectivity index (χ4n) is 3.96. The molecule has 3 aromatic rings. The molecule has 32 heavy (non-hydrogen) atoms. The number of para-hydroxylation sites is 1. The zero-order valence-corrected chi connectivity index (χ0v) is 18.4. The standard InChI is InChI=1S/C23H24F3N3O2S/c1-2-10-22(11-12-22)15-6-3-4-8-17(15)31-20-16(7-5-13-27-20)28-21-29-19(23(24,25)26)18(32-21)9-14-30/h3-8,13,30H,2,9-12,14H2,1H3,(H,28,29). The SMILES string of the molecule is CCCC1(c2ccccc2Oc2ncccc2Nc2nc(C(F)(F)F)c(CCO)s2)CC1. The molecule has 9 heteroatoms. The minimum Gasteiger partial charge on any atom is -0.437 e. The third-order valence-corrected chi connectivity index (χ3v) is 6.60. The van der Waals surface area contributed by atoms with Crippen LogP contribution in [0.4, 0.5) is 24.0 Å². The number of alkyl halides is 3. The van der Waals surface area contributed by atoms with Crippen molar-refractivity contribution in [3.8, 4) is 11.6 Å². The zero-order chi connectivity index (χ0) is 22.8. The van der Waals surface area contributed by atoms with Gasteiger partial charge in [-0.3, -0.25) is 0 Å². The lowest BCUT2D eigenvalue weighted by molar-refractivity contribution is -0.141. The summed E-state index contributed by atoms with van der Waals surface area (Å²) in [4.78, 5) is 8.01. The minimum atomic E-state index is -4.59. The van der Waals surface area contributed by atoms with E-state index in [1.807, 2.05) is 18.2 Å². The van der Waals surface area contributed by atoms with Gasteiger partial charge in [0.15, 0.2) is 10.8 Å². The van der Waals surface area contributed by atoms with Gasteiger partial charge < -0.3 is 15.2 Å². The molecule has 5 nitrogen and oxygen atoms in total. The molecular weight excluding hydrogens is 439 g/mol. The van der Waals surface area contributed by atoms with Gasteiger partial charge in [0.05, 0.1) is 0 Å². The molecule has 0 saturated heterocycles. The summed E-state index contributed by atoms with van der Waals surface area (Å²) in [6.45, 7) is 1.78. The van der Waals surface area contributed by atoms with E-state index in [4.69, 9.17) is 9.84 Å². The topological polar surface area (TPSA) is 67.3 Å². The van der Waals surface area contributed by atoms with Crippen molar-refractivity contribution in [3.63, 3.8) is 0 Å². The number of anilines is 2. The first-order valence-corrected chi connectivity index (χ1v) is 11.3. The van der Waals surface area contributed by atoms with Crippen molar-refractivity contribution < 1.29 is 23.0 Å². The minimum absolute atomic E-state index is 0.0190. The van der Waals surface area contributed by atoms with Crippen molar-refractivity contribution in [3.05, 3.63) is 58.7 Å². The van der Waals surface area contributed by atoms with E-state index in [2.05, 4.69) is 28.3 Å². The second-order valence-electron chi connectivity index (χ2n) is 7.87. The monoisotopic (exact) mass is 463 g/mol. The largest absolute Gasteiger partial charge is 0.437 e. The van der Waals surface area contributed by atoms with Crippen LogP contribution in [0.5, 0.6) is 11.6 Å². The van der Waals surface area contributed by atoms with Gasteiger partial charge in [-0.2, -0.15) is 13.2 Å². The number of aliphatic hydroxyl groups is 1. The maximum Gasteiger partial charge on any atom is 0.434 e. The van der Waals surface area contributed by atoms with Gasteiger partial charge in [0.25, 0.3) is 0 Å². The van der Waals surface area contributed by atoms with Crippen molar-refractivity contribution in [1.82, 2.24) is 9.97 Å². The number of rotatable bonds is 9. The molecule has 0 unspecified atom stereocenters. The van der Waals surface area contributed by atoms with Gasteiger partial charge >= 0.3 is 6.18 Å². The lowest BCUT2D eigenvalue weighted by Gasteiger charge is -2.19. The Morgan fingerprint density at radius 3 is 2.66 bits per heavy atom. The van der Waals surface area contributed by atoms with Crippen LogP contribution < -0.4 is 10.1 Å². The maximum absolute atomic E-state index is 13.3. The van der Waals surface area contributed by atoms with E-state index in [-0.39, 0.29) is 34.3 Å². The number of ether oxygens (including phenoxy) is 1. The Hall–Kier alpha value is -2.65. The van der Waals surface area contributed by atoms with Crippen LogP contribution in [0.3, 0.4) is 0 Å². The number of benzene rings is 1. The van der Waals surface area contributed by atoms with Crippen LogP contribution in [0.2, 0.25) is 0 Å². The average molecular weight is 464 g/mol. The summed E-state index contributed by atoms with van der Waals surface area (Å²) in [5.74, 6) is 0.969. The molecule has 0 atom stereocenters. The van der Waals surface area contributed by atoms with Gasteiger partial charge in [0.2, 0.25) is 5.88 Å². The van der Waals surface area contributed by atoms with E-state index < -0.39 is 11.9 Å². The van der Waals surface area contributed by atoms with Gasteiger partial charge in [-0.1, -0.05) is 31.5 Å². The lowest BCUT2D eigenvalue weighted by atomic mass is 9.90. The van der Waals surface area contributed by atoms with Crippen LogP contribution in [0.1, 0.15) is 48.7 Å². The van der Waals surface area contributed by atoms with Gasteiger partial charge in [-0.25, -0.2) is 9.97 Å². The third kappa shape index (κ3) is 4.73. The summed E-state index contributed by atoms with van der Waals surface area (Å²) >= 11 is 0.859. The van der Waals surface area contributed by atoms with Crippen LogP contribution in [0, 0.1) is 0 Å². The van der Waals surface area contributed by atoms with E-state index >= 15 is 0 Å². The molecule has 1 saturated carbocycles. The summed E-state index contributed by atoms with van der Waals surface area (Å²) in [7, 11) is 0. The Morgan fingerprint density at radius 2 is 1.97 bits per heavy atom. The molecule has 2 aromatic heterocycles. The molecule has 0 aliphatic heterocycles. The first-order valence-electron chi connectivity index (χ1n) is 10.5. The number of nitrogens with one attached hydrogen (secondary N) is 1. The highest BCUT2D eigenvalue weighted by atomic mass is 32.1. The predicted molar refractivity (Wildman–Crippen MR) is 118 cm³/mol. The highest BCUT2D eigenvalue weighted by molar-refractivity contribution is 7.15. The van der Waals surface area contributed by atoms with E-state index in [1.54, 1.807) is 18.3 Å². The van der Waals surface area contributed by atoms with Crippen molar-refractivity contribution in [2.24, 2.45) is 0 Å². The molecule has 0 bridgehead atoms. The van der Waals surface area contributed by atoms with E-state index in [0.717, 1.165) is 42.6 Å². The number of aromatic nitrogens is 2. The molecule has 2 N–H and O–H groups in total. The van der Waals surface area contributed by atoms with Gasteiger partial charge in [0, 0.05) is 29.7 Å². The Kier molecular flexibility index (Phi) is 6.39. The number of hydrogen-bond donors (Lipinski definition) is 2. The van der Waals surface area contributed by atoms with E-state index in [1.165, 1.54) is 0 Å². The Balaban J connectivity index is 1.62. The highest BCUT2D eigenvalue weighted by Gasteiger charge is 2.45. The molecule has 0 amide bonds. The first-order chi connectivity index (χ1) is 15.4. The smallest absolute Gasteiger partial charge is 0.434 e. The van der Waals surface area contributed by atoms with Crippen LogP contribution in [-0.4, -0.2) is 21.7 Å². The molecule has 1 fully saturated rings. The molecule has 0 spiro atoms. The molecule has 0 radical (unpaired) electrons. The molecule has 1 aromatic carbocycles. The average Bonchev–Trinajstić information content (AvgIpc) is 3.42. The first kappa shape index (κ1) is 22.5. The van der Waals surface area contributed by atoms with Gasteiger partial charge in [0.1, 0.15) is 11.4 Å². The fourth-order valence-corrected chi connectivity index (χ4v) is 4.94. The van der Waals surface area contributed by atoms with E-state index in [9.17, 15) is 13.2 Å². The summed E-state index contributed by atoms with van der Waals surface area (Å²) < 4.78 is 46.1. The van der Waals surface area contributed by atoms with Gasteiger partial charge in [-0.15, -0.1) is 11.3 Å². The molecule has 4 rings (SSSR count). The maximum atomic E-state index is 13.3. The lowest BCUT2D eigenvalue weighted by Crippen LogP contribution is -2.09. The van der Waals surface area contributed by atoms with Crippen LogP contribution in [0.25, 0.3) is 0 Å². The summed E-state index contributed by atoms with van der Waals surface area (Å²) in [5.41, 5.74) is 0.702. The van der Waals surface area contributed by atoms with Gasteiger partial charge in [-0.05, 0) is 42.9 Å². The fraction of sp³-hybridized carbons (Fsp3) is 0.391. The van der Waals surface area contributed by atoms with Crippen molar-refractivity contribution in [1.29, 1.82) is 0 Å². The Morgan fingerprint density at radius 1 is 1.19 bits per heavy atom. The van der Waals surface area contributed by atoms with Crippen molar-refractivity contribution >= 4 is 22.2 Å². The number of thiazole rings is 1. The second kappa shape index (κ2) is 9.07. The van der Waals surface area contributed by atoms with Crippen LogP contribution >= 0.6 is 11.3 Å². The molecule has 2 heterocycles. The normalized spacial score (nSPS) is 14.9. The van der Waals surface area contributed by atoms with Crippen LogP contribution in [-0.2, 0) is 18.0 Å². The molecular formula is C23H24F3N3O2S. The van der Waals surface area contributed by atoms with Crippen LogP contribution in [0.15, 0.2) is 42.6 Å². The number of pyridine rings is 1. The number of nitrogens with zero attached hydrogens (tertiary/aromatic N) is 2. The number of halogens is 3. The Labute approximate surface area is 188 Å². The quantitative estimate of drug-likeness (QED) is 0.381. The molecule has 1 aliphatic carbocycles.